The standard InChI is InChI=1S/C22H26F3N3O3/c1-14-13-27(9-8-26(14)2)18(29)11-21(12-19(30)28(20(21)31)17-6-7-17)15-4-3-5-16(10-15)22(23,24)25/h3-5,10,14,17H,6-9,11-13H2,1-2H3/t14-,21+/m1/s1. The lowest BCUT2D eigenvalue weighted by Gasteiger charge is -2.39. The maximum absolute atomic E-state index is 13.5. The molecule has 3 aliphatic rings. The molecule has 0 radical (unpaired) electrons. The monoisotopic (exact) mass is 437 g/mol. The second kappa shape index (κ2) is 7.62. The van der Waals surface area contributed by atoms with Crippen LogP contribution in [-0.4, -0.2) is 71.2 Å². The molecule has 0 N–H and O–H groups in total. The number of carbonyl (C=O) groups is 3. The molecule has 1 aromatic carbocycles. The molecule has 1 aromatic rings. The van der Waals surface area contributed by atoms with Gasteiger partial charge in [-0.2, -0.15) is 13.2 Å². The third-order valence-electron chi connectivity index (χ3n) is 6.77. The topological polar surface area (TPSA) is 60.9 Å². The van der Waals surface area contributed by atoms with E-state index >= 15 is 0 Å². The van der Waals surface area contributed by atoms with E-state index in [2.05, 4.69) is 4.90 Å². The van der Waals surface area contributed by atoms with E-state index in [0.29, 0.717) is 32.5 Å². The lowest BCUT2D eigenvalue weighted by Crippen LogP contribution is -2.53. The van der Waals surface area contributed by atoms with Crippen LogP contribution in [0.3, 0.4) is 0 Å². The summed E-state index contributed by atoms with van der Waals surface area (Å²) in [5.74, 6) is -1.27. The van der Waals surface area contributed by atoms with Crippen molar-refractivity contribution in [1.29, 1.82) is 0 Å². The summed E-state index contributed by atoms with van der Waals surface area (Å²) in [6, 6.07) is 4.44. The zero-order valence-electron chi connectivity index (χ0n) is 17.6. The maximum Gasteiger partial charge on any atom is 0.416 e. The number of nitrogens with zero attached hydrogens (tertiary/aromatic N) is 3. The molecule has 31 heavy (non-hydrogen) atoms. The number of alkyl halides is 3. The van der Waals surface area contributed by atoms with Gasteiger partial charge in [0, 0.05) is 44.6 Å². The van der Waals surface area contributed by atoms with Gasteiger partial charge in [0.2, 0.25) is 17.7 Å². The molecule has 2 aliphatic heterocycles. The number of benzene rings is 1. The van der Waals surface area contributed by atoms with Crippen molar-refractivity contribution in [1.82, 2.24) is 14.7 Å². The van der Waals surface area contributed by atoms with Crippen molar-refractivity contribution in [2.45, 2.75) is 56.3 Å². The van der Waals surface area contributed by atoms with Crippen LogP contribution in [0.5, 0.6) is 0 Å². The van der Waals surface area contributed by atoms with Crippen molar-refractivity contribution in [2.24, 2.45) is 0 Å². The molecule has 6 nitrogen and oxygen atoms in total. The first-order chi connectivity index (χ1) is 14.5. The molecule has 1 aliphatic carbocycles. The van der Waals surface area contributed by atoms with E-state index in [9.17, 15) is 27.6 Å². The Morgan fingerprint density at radius 1 is 1.19 bits per heavy atom. The largest absolute Gasteiger partial charge is 0.416 e. The van der Waals surface area contributed by atoms with E-state index < -0.39 is 29.0 Å². The van der Waals surface area contributed by atoms with Crippen LogP contribution >= 0.6 is 0 Å². The summed E-state index contributed by atoms with van der Waals surface area (Å²) in [4.78, 5) is 44.4. The highest BCUT2D eigenvalue weighted by atomic mass is 19.4. The minimum Gasteiger partial charge on any atom is -0.340 e. The Balaban J connectivity index is 1.70. The number of hydrogen-bond donors (Lipinski definition) is 0. The SMILES string of the molecule is C[C@@H]1CN(C(=O)C[C@@]2(c3cccc(C(F)(F)F)c3)CC(=O)N(C3CC3)C2=O)CCN1C. The first-order valence-corrected chi connectivity index (χ1v) is 10.6. The molecule has 2 atom stereocenters. The van der Waals surface area contributed by atoms with Gasteiger partial charge in [-0.1, -0.05) is 18.2 Å². The molecule has 9 heteroatoms. The summed E-state index contributed by atoms with van der Waals surface area (Å²) in [5.41, 5.74) is -2.40. The molecule has 2 saturated heterocycles. The molecule has 1 saturated carbocycles. The van der Waals surface area contributed by atoms with E-state index in [1.54, 1.807) is 4.90 Å². The van der Waals surface area contributed by atoms with Crippen molar-refractivity contribution < 1.29 is 27.6 Å². The predicted molar refractivity (Wildman–Crippen MR) is 106 cm³/mol. The Bertz CT molecular complexity index is 915. The first kappa shape index (κ1) is 21.8. The van der Waals surface area contributed by atoms with Gasteiger partial charge in [0.25, 0.3) is 0 Å². The minimum atomic E-state index is -4.59. The van der Waals surface area contributed by atoms with Gasteiger partial charge < -0.3 is 9.80 Å². The third kappa shape index (κ3) is 3.95. The van der Waals surface area contributed by atoms with Crippen molar-refractivity contribution in [3.63, 3.8) is 0 Å². The average molecular weight is 437 g/mol. The molecule has 0 spiro atoms. The fraction of sp³-hybridized carbons (Fsp3) is 0.591. The molecule has 4 rings (SSSR count). The van der Waals surface area contributed by atoms with Crippen molar-refractivity contribution in [3.05, 3.63) is 35.4 Å². The van der Waals surface area contributed by atoms with Gasteiger partial charge in [-0.3, -0.25) is 19.3 Å². The molecule has 0 bridgehead atoms. The van der Waals surface area contributed by atoms with E-state index in [4.69, 9.17) is 0 Å². The Labute approximate surface area is 179 Å². The summed E-state index contributed by atoms with van der Waals surface area (Å²) < 4.78 is 40.1. The van der Waals surface area contributed by atoms with Crippen molar-refractivity contribution >= 4 is 17.7 Å². The van der Waals surface area contributed by atoms with Gasteiger partial charge >= 0.3 is 6.18 Å². The highest BCUT2D eigenvalue weighted by molar-refractivity contribution is 6.11. The van der Waals surface area contributed by atoms with E-state index in [1.807, 2.05) is 14.0 Å². The second-order valence-corrected chi connectivity index (χ2v) is 8.98. The van der Waals surface area contributed by atoms with Crippen molar-refractivity contribution in [2.75, 3.05) is 26.7 Å². The van der Waals surface area contributed by atoms with Crippen LogP contribution in [-0.2, 0) is 26.0 Å². The van der Waals surface area contributed by atoms with Crippen LogP contribution in [0.2, 0.25) is 0 Å². The summed E-state index contributed by atoms with van der Waals surface area (Å²) in [6.07, 6.45) is -3.78. The minimum absolute atomic E-state index is 0.0827. The molecule has 3 amide bonds. The number of hydrogen-bond acceptors (Lipinski definition) is 4. The Morgan fingerprint density at radius 3 is 2.52 bits per heavy atom. The van der Waals surface area contributed by atoms with Gasteiger partial charge in [-0.25, -0.2) is 0 Å². The van der Waals surface area contributed by atoms with Gasteiger partial charge in [0.15, 0.2) is 0 Å². The van der Waals surface area contributed by atoms with Gasteiger partial charge in [-0.05, 0) is 38.4 Å². The Morgan fingerprint density at radius 2 is 1.90 bits per heavy atom. The number of amides is 3. The number of piperazine rings is 1. The third-order valence-corrected chi connectivity index (χ3v) is 6.77. The van der Waals surface area contributed by atoms with Crippen LogP contribution in [0.4, 0.5) is 13.2 Å². The zero-order valence-corrected chi connectivity index (χ0v) is 17.6. The molecule has 0 unspecified atom stereocenters. The predicted octanol–water partition coefficient (Wildman–Crippen LogP) is 2.42. The van der Waals surface area contributed by atoms with E-state index in [-0.39, 0.29) is 36.4 Å². The first-order valence-electron chi connectivity index (χ1n) is 10.6. The molecule has 3 fully saturated rings. The number of carbonyl (C=O) groups excluding carboxylic acids is 3. The fourth-order valence-electron chi connectivity index (χ4n) is 4.57. The second-order valence-electron chi connectivity index (χ2n) is 8.98. The molecular weight excluding hydrogens is 411 g/mol. The molecule has 0 aromatic heterocycles. The highest BCUT2D eigenvalue weighted by Gasteiger charge is 2.57. The summed E-state index contributed by atoms with van der Waals surface area (Å²) in [6.45, 7) is 3.61. The maximum atomic E-state index is 13.5. The molecule has 2 heterocycles. The van der Waals surface area contributed by atoms with Crippen LogP contribution in [0, 0.1) is 0 Å². The number of likely N-dealkylation sites (tertiary alicyclic amines) is 1. The number of likely N-dealkylation sites (N-methyl/N-ethyl adjacent to an activating group) is 1. The van der Waals surface area contributed by atoms with Gasteiger partial charge in [0.05, 0.1) is 11.0 Å². The zero-order chi connectivity index (χ0) is 22.6. The summed E-state index contributed by atoms with van der Waals surface area (Å²) in [7, 11) is 1.96. The average Bonchev–Trinajstić information content (AvgIpc) is 3.50. The van der Waals surface area contributed by atoms with Crippen LogP contribution in [0.15, 0.2) is 24.3 Å². The normalized spacial score (nSPS) is 27.8. The van der Waals surface area contributed by atoms with Gasteiger partial charge in [0.1, 0.15) is 0 Å². The Kier molecular flexibility index (Phi) is 5.36. The summed E-state index contributed by atoms with van der Waals surface area (Å²) >= 11 is 0. The smallest absolute Gasteiger partial charge is 0.340 e. The van der Waals surface area contributed by atoms with Crippen LogP contribution in [0.25, 0.3) is 0 Å². The highest BCUT2D eigenvalue weighted by Crippen LogP contribution is 2.45. The quantitative estimate of drug-likeness (QED) is 0.679. The van der Waals surface area contributed by atoms with Crippen molar-refractivity contribution in [3.8, 4) is 0 Å². The van der Waals surface area contributed by atoms with E-state index in [1.165, 1.54) is 17.0 Å². The van der Waals surface area contributed by atoms with Gasteiger partial charge in [-0.15, -0.1) is 0 Å². The lowest BCUT2D eigenvalue weighted by atomic mass is 9.75. The number of imide groups is 1. The van der Waals surface area contributed by atoms with Crippen LogP contribution < -0.4 is 0 Å². The number of rotatable bonds is 4. The Hall–Kier alpha value is -2.42. The van der Waals surface area contributed by atoms with E-state index in [0.717, 1.165) is 12.1 Å². The fourth-order valence-corrected chi connectivity index (χ4v) is 4.57. The molecule has 168 valence electrons. The molecular formula is C22H26F3N3O3. The van der Waals surface area contributed by atoms with Crippen LogP contribution in [0.1, 0.15) is 43.7 Å². The number of halogens is 3. The lowest BCUT2D eigenvalue weighted by molar-refractivity contribution is -0.144. The summed E-state index contributed by atoms with van der Waals surface area (Å²) in [5, 5.41) is 0.